The molecule has 2 aliphatic rings. The van der Waals surface area contributed by atoms with Gasteiger partial charge in [0.15, 0.2) is 11.2 Å². The summed E-state index contributed by atoms with van der Waals surface area (Å²) in [6.07, 6.45) is 0. The Balaban J connectivity index is 1.62. The van der Waals surface area contributed by atoms with Crippen molar-refractivity contribution >= 4 is 34.5 Å². The number of hydrogen-bond acceptors (Lipinski definition) is 7. The van der Waals surface area contributed by atoms with Crippen LogP contribution >= 0.6 is 0 Å². The summed E-state index contributed by atoms with van der Waals surface area (Å²) >= 11 is 0. The van der Waals surface area contributed by atoms with E-state index in [4.69, 9.17) is 4.42 Å². The van der Waals surface area contributed by atoms with Crippen LogP contribution in [-0.2, 0) is 17.9 Å². The molecule has 0 spiro atoms. The summed E-state index contributed by atoms with van der Waals surface area (Å²) in [4.78, 5) is 60.9. The third-order valence-electron chi connectivity index (χ3n) is 7.05. The van der Waals surface area contributed by atoms with Crippen LogP contribution in [0.2, 0.25) is 0 Å². The first-order valence-corrected chi connectivity index (χ1v) is 13.2. The molecule has 10 nitrogen and oxygen atoms in total. The number of carboxylic acid groups (broad SMARTS) is 1. The lowest BCUT2D eigenvalue weighted by Gasteiger charge is -2.19. The number of benzene rings is 4. The molecule has 0 aromatic heterocycles. The third kappa shape index (κ3) is 5.84. The molecule has 0 saturated carbocycles. The van der Waals surface area contributed by atoms with E-state index in [1.165, 1.54) is 56.3 Å². The van der Waals surface area contributed by atoms with Gasteiger partial charge in [-0.3, -0.25) is 19.2 Å². The van der Waals surface area contributed by atoms with Gasteiger partial charge in [-0.15, -0.1) is 0 Å². The second-order valence-electron chi connectivity index (χ2n) is 9.99. The molecule has 43 heavy (non-hydrogen) atoms. The molecule has 0 bridgehead atoms. The quantitative estimate of drug-likeness (QED) is 0.152. The molecule has 1 heterocycles. The maximum absolute atomic E-state index is 13.0. The molecular weight excluding hydrogens is 552 g/mol. The average Bonchev–Trinajstić information content (AvgIpc) is 2.98. The van der Waals surface area contributed by atoms with Crippen molar-refractivity contribution < 1.29 is 33.8 Å². The first-order valence-electron chi connectivity index (χ1n) is 13.2. The molecule has 5 rings (SSSR count). The van der Waals surface area contributed by atoms with Gasteiger partial charge in [-0.25, -0.2) is 4.79 Å². The highest BCUT2D eigenvalue weighted by atomic mass is 16.4. The second kappa shape index (κ2) is 11.6. The number of carboxylic acids is 1. The standard InChI is InChI=1S/C33H26N2O8/c1-17(36)21-7-9-23(33(41)42)26(13-21)30-24-10-8-22(38)14-29(24)43-31-25(30)11-12-28(39)27(31)16-35-32(40)20-5-3-19(4-6-20)15-34-18(2)37/h3-14,39H,15-16H2,1-2H3,(H,34,37)(H,35,40)(H,41,42). The van der Waals surface area contributed by atoms with Crippen LogP contribution in [0, 0.1) is 0 Å². The molecular formula is C33H26N2O8. The third-order valence-corrected chi connectivity index (χ3v) is 7.05. The van der Waals surface area contributed by atoms with E-state index in [0.717, 1.165) is 5.56 Å². The number of aromatic carboxylic acids is 1. The summed E-state index contributed by atoms with van der Waals surface area (Å²) in [5.74, 6) is -2.15. The molecule has 3 aromatic carbocycles. The van der Waals surface area contributed by atoms with E-state index in [-0.39, 0.29) is 63.0 Å². The Bertz CT molecular complexity index is 1960. The normalized spacial score (nSPS) is 10.9. The van der Waals surface area contributed by atoms with Crippen molar-refractivity contribution in [3.8, 4) is 28.2 Å². The SMILES string of the molecule is CC(=O)NCc1ccc(C(=O)NCc2c(O)ccc3c(-c4cc(C(C)=O)ccc4C(=O)O)c4ccc(=O)cc-4oc23)cc1. The average molecular weight is 579 g/mol. The van der Waals surface area contributed by atoms with Crippen LogP contribution < -0.4 is 16.1 Å². The summed E-state index contributed by atoms with van der Waals surface area (Å²) in [6.45, 7) is 2.94. The predicted octanol–water partition coefficient (Wildman–Crippen LogP) is 4.74. The molecule has 0 atom stereocenters. The van der Waals surface area contributed by atoms with Crippen LogP contribution in [0.25, 0.3) is 33.4 Å². The monoisotopic (exact) mass is 578 g/mol. The summed E-state index contributed by atoms with van der Waals surface area (Å²) in [6, 6.07) is 18.0. The summed E-state index contributed by atoms with van der Waals surface area (Å²) in [7, 11) is 0. The van der Waals surface area contributed by atoms with Crippen LogP contribution in [0.3, 0.4) is 0 Å². The van der Waals surface area contributed by atoms with Gasteiger partial charge < -0.3 is 25.3 Å². The zero-order valence-corrected chi connectivity index (χ0v) is 23.2. The molecule has 0 fully saturated rings. The van der Waals surface area contributed by atoms with Gasteiger partial charge in [-0.1, -0.05) is 18.2 Å². The molecule has 1 aliphatic carbocycles. The number of rotatable bonds is 8. The van der Waals surface area contributed by atoms with Gasteiger partial charge in [0.1, 0.15) is 17.1 Å². The van der Waals surface area contributed by atoms with E-state index < -0.39 is 11.9 Å². The van der Waals surface area contributed by atoms with Crippen molar-refractivity contribution in [2.75, 3.05) is 0 Å². The molecule has 1 aliphatic heterocycles. The van der Waals surface area contributed by atoms with Gasteiger partial charge >= 0.3 is 5.97 Å². The number of amides is 2. The van der Waals surface area contributed by atoms with E-state index in [1.807, 2.05) is 0 Å². The number of carbonyl (C=O) groups is 4. The Morgan fingerprint density at radius 2 is 1.51 bits per heavy atom. The van der Waals surface area contributed by atoms with Crippen LogP contribution in [0.4, 0.5) is 0 Å². The van der Waals surface area contributed by atoms with Crippen LogP contribution in [0.15, 0.2) is 82.0 Å². The Kier molecular flexibility index (Phi) is 7.76. The first-order chi connectivity index (χ1) is 20.5. The first kappa shape index (κ1) is 28.7. The highest BCUT2D eigenvalue weighted by Gasteiger charge is 2.25. The number of hydrogen-bond donors (Lipinski definition) is 4. The lowest BCUT2D eigenvalue weighted by Crippen LogP contribution is -2.23. The van der Waals surface area contributed by atoms with Gasteiger partial charge in [0.25, 0.3) is 5.91 Å². The Hall–Kier alpha value is -5.77. The molecule has 0 unspecified atom stereocenters. The number of Topliss-reactive ketones (excluding diaryl/α,β-unsaturated/α-hetero) is 1. The van der Waals surface area contributed by atoms with Crippen molar-refractivity contribution in [1.82, 2.24) is 10.6 Å². The Morgan fingerprint density at radius 1 is 0.791 bits per heavy atom. The predicted molar refractivity (Wildman–Crippen MR) is 158 cm³/mol. The minimum absolute atomic E-state index is 0.0742. The van der Waals surface area contributed by atoms with E-state index >= 15 is 0 Å². The minimum atomic E-state index is -1.22. The van der Waals surface area contributed by atoms with Gasteiger partial charge in [0, 0.05) is 47.2 Å². The fourth-order valence-corrected chi connectivity index (χ4v) is 4.87. The largest absolute Gasteiger partial charge is 0.507 e. The summed E-state index contributed by atoms with van der Waals surface area (Å²) in [5.41, 5.74) is 2.39. The highest BCUT2D eigenvalue weighted by molar-refractivity contribution is 6.10. The Morgan fingerprint density at radius 3 is 2.19 bits per heavy atom. The van der Waals surface area contributed by atoms with Crippen molar-refractivity contribution in [1.29, 1.82) is 0 Å². The van der Waals surface area contributed by atoms with Gasteiger partial charge in [0.2, 0.25) is 5.91 Å². The molecule has 0 radical (unpaired) electrons. The fourth-order valence-electron chi connectivity index (χ4n) is 4.87. The van der Waals surface area contributed by atoms with Gasteiger partial charge in [0.05, 0.1) is 17.7 Å². The fraction of sp³-hybridized carbons (Fsp3) is 0.121. The van der Waals surface area contributed by atoms with Crippen LogP contribution in [0.5, 0.6) is 5.75 Å². The van der Waals surface area contributed by atoms with Crippen LogP contribution in [-0.4, -0.2) is 33.8 Å². The molecule has 0 saturated heterocycles. The maximum Gasteiger partial charge on any atom is 0.336 e. The maximum atomic E-state index is 13.0. The lowest BCUT2D eigenvalue weighted by atomic mass is 9.88. The van der Waals surface area contributed by atoms with E-state index in [9.17, 15) is 34.2 Å². The van der Waals surface area contributed by atoms with E-state index in [1.54, 1.807) is 30.3 Å². The molecule has 4 N–H and O–H groups in total. The van der Waals surface area contributed by atoms with Crippen molar-refractivity contribution in [2.45, 2.75) is 26.9 Å². The number of nitrogens with one attached hydrogen (secondary N) is 2. The highest BCUT2D eigenvalue weighted by Crippen LogP contribution is 2.43. The Labute approximate surface area is 244 Å². The van der Waals surface area contributed by atoms with Crippen molar-refractivity contribution in [2.24, 2.45) is 0 Å². The van der Waals surface area contributed by atoms with Crippen molar-refractivity contribution in [3.05, 3.63) is 111 Å². The number of ketones is 1. The summed E-state index contributed by atoms with van der Waals surface area (Å²) in [5, 5.41) is 26.7. The zero-order chi connectivity index (χ0) is 30.8. The molecule has 216 valence electrons. The lowest BCUT2D eigenvalue weighted by molar-refractivity contribution is -0.119. The number of phenolic OH excluding ortho intramolecular Hbond substituents is 1. The number of phenols is 1. The number of aromatic hydroxyl groups is 1. The minimum Gasteiger partial charge on any atom is -0.507 e. The molecule has 3 aromatic rings. The smallest absolute Gasteiger partial charge is 0.336 e. The molecule has 2 amide bonds. The van der Waals surface area contributed by atoms with E-state index in [2.05, 4.69) is 10.6 Å². The van der Waals surface area contributed by atoms with Gasteiger partial charge in [-0.2, -0.15) is 0 Å². The van der Waals surface area contributed by atoms with Gasteiger partial charge in [-0.05, 0) is 66.6 Å². The van der Waals surface area contributed by atoms with Crippen LogP contribution in [0.1, 0.15) is 56.0 Å². The summed E-state index contributed by atoms with van der Waals surface area (Å²) < 4.78 is 6.12. The van der Waals surface area contributed by atoms with Crippen molar-refractivity contribution in [3.63, 3.8) is 0 Å². The zero-order valence-electron chi connectivity index (χ0n) is 23.2. The molecule has 10 heteroatoms. The number of carbonyl (C=O) groups excluding carboxylic acids is 3. The second-order valence-corrected chi connectivity index (χ2v) is 9.99. The topological polar surface area (TPSA) is 163 Å². The van der Waals surface area contributed by atoms with E-state index in [0.29, 0.717) is 28.6 Å². The number of fused-ring (bicyclic) bond motifs is 2.